The molecule has 6 heteroatoms. The topological polar surface area (TPSA) is 51.2 Å². The third-order valence-corrected chi connectivity index (χ3v) is 5.86. The number of benzene rings is 2. The van der Waals surface area contributed by atoms with Crippen molar-refractivity contribution >= 4 is 5.91 Å². The average Bonchev–Trinajstić information content (AvgIpc) is 2.81. The van der Waals surface area contributed by atoms with Gasteiger partial charge in [-0.2, -0.15) is 0 Å². The number of nitrogens with zero attached hydrogens (tertiary/aromatic N) is 2. The standard InChI is InChI=1S/C25H32N2O4/c1-2-30-23-8-3-4-9-24(23)31-22-10-12-27(13-11-22)25(28)21-7-5-6-20(18-21)19-26-14-16-29-17-15-26/h3-9,18,22H,2,10-17,19H2,1H3. The van der Waals surface area contributed by atoms with E-state index < -0.39 is 0 Å². The van der Waals surface area contributed by atoms with Crippen LogP contribution in [0.3, 0.4) is 0 Å². The normalized spacial score (nSPS) is 18.0. The largest absolute Gasteiger partial charge is 0.490 e. The summed E-state index contributed by atoms with van der Waals surface area (Å²) in [6.07, 6.45) is 1.73. The van der Waals surface area contributed by atoms with Crippen LogP contribution in [0.2, 0.25) is 0 Å². The molecule has 2 aromatic carbocycles. The van der Waals surface area contributed by atoms with Gasteiger partial charge in [0.25, 0.3) is 5.91 Å². The van der Waals surface area contributed by atoms with Crippen LogP contribution in [0.5, 0.6) is 11.5 Å². The van der Waals surface area contributed by atoms with E-state index in [2.05, 4.69) is 11.0 Å². The maximum atomic E-state index is 13.1. The Hall–Kier alpha value is -2.57. The molecule has 0 atom stereocenters. The molecule has 2 fully saturated rings. The molecule has 0 bridgehead atoms. The van der Waals surface area contributed by atoms with E-state index in [1.165, 1.54) is 5.56 Å². The Kier molecular flexibility index (Phi) is 7.43. The van der Waals surface area contributed by atoms with E-state index in [-0.39, 0.29) is 12.0 Å². The lowest BCUT2D eigenvalue weighted by molar-refractivity contribution is 0.0341. The molecule has 0 spiro atoms. The summed E-state index contributed by atoms with van der Waals surface area (Å²) in [7, 11) is 0. The first-order chi connectivity index (χ1) is 15.2. The number of para-hydroxylation sites is 2. The molecule has 2 heterocycles. The number of amides is 1. The summed E-state index contributed by atoms with van der Waals surface area (Å²) in [5.74, 6) is 1.67. The van der Waals surface area contributed by atoms with E-state index in [0.717, 1.165) is 62.8 Å². The third kappa shape index (κ3) is 5.77. The lowest BCUT2D eigenvalue weighted by Gasteiger charge is -2.32. The summed E-state index contributed by atoms with van der Waals surface area (Å²) >= 11 is 0. The maximum absolute atomic E-state index is 13.1. The number of piperidine rings is 1. The van der Waals surface area contributed by atoms with Gasteiger partial charge < -0.3 is 19.1 Å². The Labute approximate surface area is 184 Å². The molecule has 166 valence electrons. The van der Waals surface area contributed by atoms with Crippen molar-refractivity contribution in [3.8, 4) is 11.5 Å². The Morgan fingerprint density at radius 2 is 1.74 bits per heavy atom. The lowest BCUT2D eigenvalue weighted by atomic mass is 10.0. The summed E-state index contributed by atoms with van der Waals surface area (Å²) in [6, 6.07) is 15.8. The third-order valence-electron chi connectivity index (χ3n) is 5.86. The highest BCUT2D eigenvalue weighted by Crippen LogP contribution is 2.29. The van der Waals surface area contributed by atoms with Crippen LogP contribution < -0.4 is 9.47 Å². The molecule has 0 aliphatic carbocycles. The first-order valence-electron chi connectivity index (χ1n) is 11.3. The van der Waals surface area contributed by atoms with Gasteiger partial charge in [-0.05, 0) is 36.8 Å². The van der Waals surface area contributed by atoms with Crippen LogP contribution in [0.25, 0.3) is 0 Å². The predicted octanol–water partition coefficient (Wildman–Crippen LogP) is 3.60. The lowest BCUT2D eigenvalue weighted by Crippen LogP contribution is -2.41. The number of morpholine rings is 1. The highest BCUT2D eigenvalue weighted by Gasteiger charge is 2.25. The number of likely N-dealkylation sites (tertiary alicyclic amines) is 1. The van der Waals surface area contributed by atoms with Gasteiger partial charge in [-0.25, -0.2) is 0 Å². The fourth-order valence-corrected chi connectivity index (χ4v) is 4.18. The molecule has 4 rings (SSSR count). The molecule has 0 saturated carbocycles. The van der Waals surface area contributed by atoms with E-state index in [4.69, 9.17) is 14.2 Å². The van der Waals surface area contributed by atoms with Gasteiger partial charge in [0.05, 0.1) is 19.8 Å². The van der Waals surface area contributed by atoms with Crippen LogP contribution in [0.4, 0.5) is 0 Å². The second-order valence-corrected chi connectivity index (χ2v) is 8.08. The number of hydrogen-bond donors (Lipinski definition) is 0. The van der Waals surface area contributed by atoms with Gasteiger partial charge in [-0.3, -0.25) is 9.69 Å². The van der Waals surface area contributed by atoms with E-state index in [9.17, 15) is 4.79 Å². The molecule has 0 radical (unpaired) electrons. The van der Waals surface area contributed by atoms with Crippen LogP contribution in [-0.2, 0) is 11.3 Å². The molecule has 2 saturated heterocycles. The van der Waals surface area contributed by atoms with Gasteiger partial charge in [0.1, 0.15) is 6.10 Å². The smallest absolute Gasteiger partial charge is 0.253 e. The molecular formula is C25H32N2O4. The van der Waals surface area contributed by atoms with Crippen LogP contribution >= 0.6 is 0 Å². The SMILES string of the molecule is CCOc1ccccc1OC1CCN(C(=O)c2cccc(CN3CCOCC3)c2)CC1. The molecule has 31 heavy (non-hydrogen) atoms. The Morgan fingerprint density at radius 3 is 2.48 bits per heavy atom. The highest BCUT2D eigenvalue weighted by molar-refractivity contribution is 5.94. The van der Waals surface area contributed by atoms with Crippen molar-refractivity contribution in [2.45, 2.75) is 32.4 Å². The van der Waals surface area contributed by atoms with Gasteiger partial charge in [0.15, 0.2) is 11.5 Å². The molecule has 6 nitrogen and oxygen atoms in total. The van der Waals surface area contributed by atoms with Crippen LogP contribution in [-0.4, -0.2) is 67.8 Å². The van der Waals surface area contributed by atoms with Gasteiger partial charge in [-0.15, -0.1) is 0 Å². The van der Waals surface area contributed by atoms with Crippen molar-refractivity contribution in [3.05, 3.63) is 59.7 Å². The van der Waals surface area contributed by atoms with Crippen molar-refractivity contribution < 1.29 is 19.0 Å². The minimum Gasteiger partial charge on any atom is -0.490 e. The summed E-state index contributed by atoms with van der Waals surface area (Å²) in [6.45, 7) is 8.29. The number of hydrogen-bond acceptors (Lipinski definition) is 5. The van der Waals surface area contributed by atoms with Gasteiger partial charge in [0, 0.05) is 51.1 Å². The summed E-state index contributed by atoms with van der Waals surface area (Å²) < 4.78 is 17.3. The first-order valence-corrected chi connectivity index (χ1v) is 11.3. The Morgan fingerprint density at radius 1 is 1.00 bits per heavy atom. The quantitative estimate of drug-likeness (QED) is 0.680. The molecule has 0 aromatic heterocycles. The van der Waals surface area contributed by atoms with Crippen LogP contribution in [0, 0.1) is 0 Å². The number of ether oxygens (including phenoxy) is 3. The molecule has 0 N–H and O–H groups in total. The first kappa shape index (κ1) is 21.7. The Bertz CT molecular complexity index is 858. The zero-order valence-corrected chi connectivity index (χ0v) is 18.3. The fourth-order valence-electron chi connectivity index (χ4n) is 4.18. The summed E-state index contributed by atoms with van der Waals surface area (Å²) in [4.78, 5) is 17.4. The van der Waals surface area contributed by atoms with Crippen molar-refractivity contribution in [2.24, 2.45) is 0 Å². The molecule has 2 aliphatic rings. The minimum atomic E-state index is 0.0957. The second-order valence-electron chi connectivity index (χ2n) is 8.08. The second kappa shape index (κ2) is 10.6. The zero-order chi connectivity index (χ0) is 21.5. The number of carbonyl (C=O) groups is 1. The molecule has 2 aliphatic heterocycles. The molecule has 1 amide bonds. The van der Waals surface area contributed by atoms with Gasteiger partial charge in [-0.1, -0.05) is 24.3 Å². The predicted molar refractivity (Wildman–Crippen MR) is 120 cm³/mol. The minimum absolute atomic E-state index is 0.0957. The Balaban J connectivity index is 1.31. The molecule has 0 unspecified atom stereocenters. The van der Waals surface area contributed by atoms with E-state index in [1.807, 2.05) is 54.3 Å². The summed E-state index contributed by atoms with van der Waals surface area (Å²) in [5.41, 5.74) is 1.95. The zero-order valence-electron chi connectivity index (χ0n) is 18.3. The number of rotatable bonds is 7. The van der Waals surface area contributed by atoms with Crippen LogP contribution in [0.15, 0.2) is 48.5 Å². The van der Waals surface area contributed by atoms with Crippen molar-refractivity contribution in [3.63, 3.8) is 0 Å². The molecule has 2 aromatic rings. The monoisotopic (exact) mass is 424 g/mol. The fraction of sp³-hybridized carbons (Fsp3) is 0.480. The van der Waals surface area contributed by atoms with Gasteiger partial charge >= 0.3 is 0 Å². The van der Waals surface area contributed by atoms with Crippen LogP contribution in [0.1, 0.15) is 35.7 Å². The van der Waals surface area contributed by atoms with E-state index in [1.54, 1.807) is 0 Å². The molecular weight excluding hydrogens is 392 g/mol. The number of carbonyl (C=O) groups excluding carboxylic acids is 1. The maximum Gasteiger partial charge on any atom is 0.253 e. The van der Waals surface area contributed by atoms with Crippen molar-refractivity contribution in [1.82, 2.24) is 9.80 Å². The van der Waals surface area contributed by atoms with E-state index in [0.29, 0.717) is 19.7 Å². The average molecular weight is 425 g/mol. The van der Waals surface area contributed by atoms with Gasteiger partial charge in [0.2, 0.25) is 0 Å². The van der Waals surface area contributed by atoms with E-state index >= 15 is 0 Å². The van der Waals surface area contributed by atoms with Crippen molar-refractivity contribution in [1.29, 1.82) is 0 Å². The summed E-state index contributed by atoms with van der Waals surface area (Å²) in [5, 5.41) is 0. The highest BCUT2D eigenvalue weighted by atomic mass is 16.5. The van der Waals surface area contributed by atoms with Crippen molar-refractivity contribution in [2.75, 3.05) is 46.0 Å².